The van der Waals surface area contributed by atoms with Crippen molar-refractivity contribution >= 4 is 25.5 Å². The van der Waals surface area contributed by atoms with E-state index in [2.05, 4.69) is 25.0 Å². The van der Waals surface area contributed by atoms with Crippen LogP contribution >= 0.6 is 0 Å². The van der Waals surface area contributed by atoms with Gasteiger partial charge >= 0.3 is 222 Å². The number of rotatable bonds is 7. The summed E-state index contributed by atoms with van der Waals surface area (Å²) in [5.74, 6) is 1.61. The first-order valence-corrected chi connectivity index (χ1v) is 13.8. The summed E-state index contributed by atoms with van der Waals surface area (Å²) in [5, 5.41) is 5.29. The van der Waals surface area contributed by atoms with E-state index in [1.807, 2.05) is 26.0 Å². The van der Waals surface area contributed by atoms with Crippen LogP contribution in [0.5, 0.6) is 5.88 Å². The Labute approximate surface area is 221 Å². The molecule has 1 fully saturated rings. The van der Waals surface area contributed by atoms with E-state index in [4.69, 9.17) is 9.72 Å². The van der Waals surface area contributed by atoms with Gasteiger partial charge in [-0.25, -0.2) is 0 Å². The van der Waals surface area contributed by atoms with E-state index in [1.54, 1.807) is 28.8 Å². The van der Waals surface area contributed by atoms with Crippen molar-refractivity contribution in [3.63, 3.8) is 0 Å². The normalized spacial score (nSPS) is 14.1. The molecule has 0 bridgehead atoms. The number of fused-ring (bicyclic) bond motifs is 1. The van der Waals surface area contributed by atoms with Crippen LogP contribution in [0.1, 0.15) is 54.5 Å². The molecule has 0 unspecified atom stereocenters. The molecule has 9 nitrogen and oxygen atoms in total. The molecule has 0 radical (unpaired) electrons. The fourth-order valence-corrected chi connectivity index (χ4v) is 6.42. The van der Waals surface area contributed by atoms with E-state index < -0.39 is 11.9 Å². The summed E-state index contributed by atoms with van der Waals surface area (Å²) in [5.41, 5.74) is 1.36. The second kappa shape index (κ2) is 9.32. The molecule has 0 aromatic carbocycles. The monoisotopic (exact) mass is 588 g/mol. The van der Waals surface area contributed by atoms with Gasteiger partial charge in [0.15, 0.2) is 0 Å². The Morgan fingerprint density at radius 2 is 1.92 bits per heavy atom. The molecule has 196 valence electrons. The Balaban J connectivity index is 1.35. The third-order valence-electron chi connectivity index (χ3n) is 6.37. The first kappa shape index (κ1) is 24.7. The van der Waals surface area contributed by atoms with Gasteiger partial charge in [-0.1, -0.05) is 0 Å². The molecule has 1 aliphatic rings. The van der Waals surface area contributed by atoms with Gasteiger partial charge in [-0.05, 0) is 0 Å². The quantitative estimate of drug-likeness (QED) is 0.254. The molecule has 5 aromatic rings. The summed E-state index contributed by atoms with van der Waals surface area (Å²) >= 11 is -0.218. The summed E-state index contributed by atoms with van der Waals surface area (Å²) in [4.78, 5) is 22.1. The van der Waals surface area contributed by atoms with Crippen LogP contribution in [-0.4, -0.2) is 60.9 Å². The number of methoxy groups -OCH3 is 1. The first-order chi connectivity index (χ1) is 18.2. The van der Waals surface area contributed by atoms with Crippen molar-refractivity contribution in [1.82, 2.24) is 39.3 Å². The van der Waals surface area contributed by atoms with Gasteiger partial charge < -0.3 is 0 Å². The van der Waals surface area contributed by atoms with Crippen molar-refractivity contribution in [2.24, 2.45) is 0 Å². The second-order valence-corrected chi connectivity index (χ2v) is 11.9. The maximum atomic E-state index is 13.3. The minimum absolute atomic E-state index is 0.154. The molecule has 0 amide bonds. The SMILES string of the molecule is COc1ncnc(C2CC2)c1-c1ncc2cnn(Cc3ccc(-c4nc(C(F)(F)F)cn4C(C)C)[se]3)c2n1. The number of aromatic nitrogens is 8. The van der Waals surface area contributed by atoms with Gasteiger partial charge in [-0.3, -0.25) is 0 Å². The zero-order valence-corrected chi connectivity index (χ0v) is 22.5. The second-order valence-electron chi connectivity index (χ2n) is 9.41. The molecule has 13 heteroatoms. The number of halogens is 3. The number of imidazole rings is 1. The number of nitrogens with zero attached hydrogens (tertiary/aromatic N) is 8. The average molecular weight is 587 g/mol. The molecule has 0 atom stereocenters. The molecule has 5 aromatic heterocycles. The van der Waals surface area contributed by atoms with Crippen molar-refractivity contribution in [3.05, 3.63) is 52.9 Å². The third-order valence-corrected chi connectivity index (χ3v) is 8.60. The molecule has 38 heavy (non-hydrogen) atoms. The third kappa shape index (κ3) is 4.49. The van der Waals surface area contributed by atoms with Gasteiger partial charge in [-0.2, -0.15) is 0 Å². The van der Waals surface area contributed by atoms with Crippen molar-refractivity contribution < 1.29 is 17.9 Å². The van der Waals surface area contributed by atoms with Gasteiger partial charge in [-0.15, -0.1) is 0 Å². The summed E-state index contributed by atoms with van der Waals surface area (Å²) in [6.07, 6.45) is 3.63. The van der Waals surface area contributed by atoms with Crippen molar-refractivity contribution in [2.45, 2.75) is 51.4 Å². The van der Waals surface area contributed by atoms with Gasteiger partial charge in [0, 0.05) is 0 Å². The van der Waals surface area contributed by atoms with Gasteiger partial charge in [0.25, 0.3) is 0 Å². The number of hydrogen-bond acceptors (Lipinski definition) is 7. The Morgan fingerprint density at radius 1 is 1.11 bits per heavy atom. The Kier molecular flexibility index (Phi) is 6.07. The molecular weight excluding hydrogens is 564 g/mol. The van der Waals surface area contributed by atoms with Gasteiger partial charge in [0.1, 0.15) is 0 Å². The van der Waals surface area contributed by atoms with E-state index in [-0.39, 0.29) is 20.5 Å². The summed E-state index contributed by atoms with van der Waals surface area (Å²) in [6.45, 7) is 4.14. The van der Waals surface area contributed by atoms with Crippen LogP contribution in [0.25, 0.3) is 32.7 Å². The van der Waals surface area contributed by atoms with Crippen LogP contribution in [-0.2, 0) is 12.7 Å². The van der Waals surface area contributed by atoms with E-state index in [9.17, 15) is 13.2 Å². The number of hydrogen-bond donors (Lipinski definition) is 0. The fourth-order valence-electron chi connectivity index (χ4n) is 4.35. The summed E-state index contributed by atoms with van der Waals surface area (Å²) in [6, 6.07) is 3.65. The molecule has 0 N–H and O–H groups in total. The van der Waals surface area contributed by atoms with Gasteiger partial charge in [0.05, 0.1) is 0 Å². The van der Waals surface area contributed by atoms with Crippen LogP contribution in [0.15, 0.2) is 37.1 Å². The molecule has 0 saturated heterocycles. The predicted octanol–water partition coefficient (Wildman–Crippen LogP) is 4.74. The number of alkyl halides is 3. The zero-order chi connectivity index (χ0) is 26.6. The van der Waals surface area contributed by atoms with Crippen LogP contribution in [0.3, 0.4) is 0 Å². The maximum absolute atomic E-state index is 13.3. The molecule has 1 aliphatic carbocycles. The van der Waals surface area contributed by atoms with E-state index >= 15 is 0 Å². The van der Waals surface area contributed by atoms with Crippen LogP contribution in [0.4, 0.5) is 13.2 Å². The Bertz CT molecular complexity index is 1630. The molecule has 6 rings (SSSR count). The van der Waals surface area contributed by atoms with E-state index in [0.717, 1.165) is 39.0 Å². The van der Waals surface area contributed by atoms with Crippen LogP contribution in [0, 0.1) is 0 Å². The fraction of sp³-hybridized carbons (Fsp3) is 0.360. The van der Waals surface area contributed by atoms with Crippen LogP contribution in [0.2, 0.25) is 0 Å². The topological polar surface area (TPSA) is 96.4 Å². The van der Waals surface area contributed by atoms with Crippen molar-refractivity contribution in [1.29, 1.82) is 0 Å². The van der Waals surface area contributed by atoms with Crippen molar-refractivity contribution in [2.75, 3.05) is 7.11 Å². The molecule has 5 heterocycles. The van der Waals surface area contributed by atoms with E-state index in [1.165, 1.54) is 6.33 Å². The molecular formula is C25H23F3N8OSe. The predicted molar refractivity (Wildman–Crippen MR) is 134 cm³/mol. The molecule has 0 spiro atoms. The number of ether oxygens (including phenoxy) is 1. The average Bonchev–Trinajstić information content (AvgIpc) is 3.27. The van der Waals surface area contributed by atoms with Crippen LogP contribution < -0.4 is 4.74 Å². The summed E-state index contributed by atoms with van der Waals surface area (Å²) < 4.78 is 50.7. The standard InChI is InChI=1S/C25H23F3N8OSe/c1-13(2)35-11-18(25(26,27)28)33-23(35)17-7-6-16(38-17)10-36-22-15(9-32-36)8-29-21(34-22)19-20(14-4-5-14)30-12-31-24(19)37-3/h6-9,11-14H,4-5,10H2,1-3H3. The zero-order valence-electron chi connectivity index (χ0n) is 20.8. The van der Waals surface area contributed by atoms with Gasteiger partial charge in [0.2, 0.25) is 0 Å². The first-order valence-electron chi connectivity index (χ1n) is 12.1. The Hall–Kier alpha value is -3.57. The Morgan fingerprint density at radius 3 is 2.63 bits per heavy atom. The minimum atomic E-state index is -4.49. The molecule has 1 saturated carbocycles. The summed E-state index contributed by atoms with van der Waals surface area (Å²) in [7, 11) is 1.56. The van der Waals surface area contributed by atoms with Crippen molar-refractivity contribution in [3.8, 4) is 27.5 Å². The molecule has 0 aliphatic heterocycles. The van der Waals surface area contributed by atoms with E-state index in [0.29, 0.717) is 41.2 Å².